The number of ether oxygens (including phenoxy) is 1. The Bertz CT molecular complexity index is 449. The van der Waals surface area contributed by atoms with Crippen LogP contribution in [0.25, 0.3) is 0 Å². The fraction of sp³-hybridized carbons (Fsp3) is 0.700. The van der Waals surface area contributed by atoms with E-state index in [0.717, 1.165) is 6.20 Å². The number of aromatic amines is 1. The van der Waals surface area contributed by atoms with Crippen LogP contribution in [0.4, 0.5) is 10.1 Å². The lowest BCUT2D eigenvalue weighted by Crippen LogP contribution is -2.22. The molecule has 7 heteroatoms. The highest BCUT2D eigenvalue weighted by molar-refractivity contribution is 5.36. The van der Waals surface area contributed by atoms with Crippen LogP contribution in [-0.2, 0) is 10.4 Å². The Morgan fingerprint density at radius 3 is 2.76 bits per heavy atom. The highest BCUT2D eigenvalue weighted by Crippen LogP contribution is 2.47. The number of rotatable bonds is 2. The highest BCUT2D eigenvalue weighted by atomic mass is 19.1. The van der Waals surface area contributed by atoms with E-state index in [0.29, 0.717) is 12.8 Å². The molecule has 2 fully saturated rings. The van der Waals surface area contributed by atoms with Crippen LogP contribution < -0.4 is 0 Å². The maximum absolute atomic E-state index is 14.8. The number of aromatic nitrogens is 2. The predicted molar refractivity (Wildman–Crippen MR) is 55.2 cm³/mol. The lowest BCUT2D eigenvalue weighted by atomic mass is 9.92. The number of hydrogen-bond acceptors (Lipinski definition) is 4. The van der Waals surface area contributed by atoms with E-state index >= 15 is 0 Å². The smallest absolute Gasteiger partial charge is 0.313 e. The van der Waals surface area contributed by atoms with Crippen LogP contribution in [0.5, 0.6) is 0 Å². The monoisotopic (exact) mass is 241 g/mol. The fourth-order valence-electron chi connectivity index (χ4n) is 2.55. The quantitative estimate of drug-likeness (QED) is 0.486. The maximum Gasteiger partial charge on any atom is 0.313 e. The average Bonchev–Trinajstić information content (AvgIpc) is 2.88. The normalized spacial score (nSPS) is 36.1. The highest BCUT2D eigenvalue weighted by Gasteiger charge is 2.49. The average molecular weight is 241 g/mol. The molecule has 1 saturated heterocycles. The summed E-state index contributed by atoms with van der Waals surface area (Å²) in [5.41, 5.74) is -1.93. The third-order valence-corrected chi connectivity index (χ3v) is 3.60. The minimum atomic E-state index is -1.67. The molecule has 92 valence electrons. The van der Waals surface area contributed by atoms with Crippen molar-refractivity contribution in [3.05, 3.63) is 22.0 Å². The van der Waals surface area contributed by atoms with E-state index in [1.54, 1.807) is 0 Å². The fourth-order valence-corrected chi connectivity index (χ4v) is 2.55. The molecule has 1 aliphatic heterocycles. The molecule has 1 aromatic heterocycles. The van der Waals surface area contributed by atoms with Crippen molar-refractivity contribution in [2.45, 2.75) is 43.6 Å². The van der Waals surface area contributed by atoms with Gasteiger partial charge in [-0.2, -0.15) is 5.10 Å². The molecule has 3 rings (SSSR count). The molecule has 1 aromatic rings. The molecule has 6 nitrogen and oxygen atoms in total. The van der Waals surface area contributed by atoms with Crippen molar-refractivity contribution in [1.82, 2.24) is 10.2 Å². The zero-order valence-electron chi connectivity index (χ0n) is 9.06. The van der Waals surface area contributed by atoms with Crippen molar-refractivity contribution in [1.29, 1.82) is 0 Å². The van der Waals surface area contributed by atoms with Crippen LogP contribution in [0.15, 0.2) is 6.20 Å². The number of nitrogens with one attached hydrogen (secondary N) is 1. The summed E-state index contributed by atoms with van der Waals surface area (Å²) in [7, 11) is 0. The van der Waals surface area contributed by atoms with E-state index in [2.05, 4.69) is 10.2 Å². The number of halogens is 1. The van der Waals surface area contributed by atoms with Crippen molar-refractivity contribution in [3.8, 4) is 0 Å². The van der Waals surface area contributed by atoms with Crippen LogP contribution in [0, 0.1) is 10.1 Å². The Hall–Kier alpha value is -1.50. The zero-order chi connectivity index (χ0) is 12.0. The second kappa shape index (κ2) is 3.49. The molecule has 17 heavy (non-hydrogen) atoms. The Morgan fingerprint density at radius 1 is 1.53 bits per heavy atom. The Balaban J connectivity index is 1.90. The zero-order valence-corrected chi connectivity index (χ0v) is 9.06. The summed E-state index contributed by atoms with van der Waals surface area (Å²) < 4.78 is 20.1. The molecule has 2 unspecified atom stereocenters. The minimum Gasteiger partial charge on any atom is -0.370 e. The summed E-state index contributed by atoms with van der Waals surface area (Å²) in [6, 6.07) is 0. The second-order valence-electron chi connectivity index (χ2n) is 4.64. The first-order chi connectivity index (χ1) is 8.10. The number of nitrogens with zero attached hydrogens (tertiary/aromatic N) is 2. The molecule has 2 aliphatic rings. The number of H-pyrrole nitrogens is 1. The molecule has 1 N–H and O–H groups in total. The van der Waals surface area contributed by atoms with Crippen molar-refractivity contribution < 1.29 is 14.1 Å². The number of fused-ring (bicyclic) bond motifs is 1. The first-order valence-corrected chi connectivity index (χ1v) is 5.63. The van der Waals surface area contributed by atoms with E-state index in [1.807, 2.05) is 0 Å². The number of epoxide rings is 1. The van der Waals surface area contributed by atoms with Gasteiger partial charge in [0.15, 0.2) is 11.4 Å². The second-order valence-corrected chi connectivity index (χ2v) is 4.64. The van der Waals surface area contributed by atoms with Gasteiger partial charge in [0, 0.05) is 0 Å². The van der Waals surface area contributed by atoms with Gasteiger partial charge in [0.2, 0.25) is 0 Å². The van der Waals surface area contributed by atoms with Gasteiger partial charge in [0.05, 0.1) is 17.1 Å². The van der Waals surface area contributed by atoms with E-state index < -0.39 is 10.6 Å². The van der Waals surface area contributed by atoms with E-state index in [4.69, 9.17) is 4.74 Å². The van der Waals surface area contributed by atoms with Gasteiger partial charge >= 0.3 is 5.69 Å². The van der Waals surface area contributed by atoms with E-state index in [-0.39, 0.29) is 36.4 Å². The molecule has 1 saturated carbocycles. The minimum absolute atomic E-state index is 0.00352. The maximum atomic E-state index is 14.8. The molecular formula is C10H12FN3O3. The van der Waals surface area contributed by atoms with Crippen LogP contribution in [0.3, 0.4) is 0 Å². The van der Waals surface area contributed by atoms with Gasteiger partial charge in [0.25, 0.3) is 0 Å². The SMILES string of the molecule is O=[N+]([O-])c1cn[nH]c1C1(F)CCC2OC2CC1. The molecule has 2 heterocycles. The third-order valence-electron chi connectivity index (χ3n) is 3.60. The standard InChI is InChI=1S/C10H12FN3O3/c11-10(3-1-7-8(17-7)2-4-10)9-6(14(15)16)5-12-13-9/h5,7-8H,1-4H2,(H,12,13). The van der Waals surface area contributed by atoms with Gasteiger partial charge in [-0.1, -0.05) is 0 Å². The molecule has 0 amide bonds. The van der Waals surface area contributed by atoms with Crippen molar-refractivity contribution in [2.24, 2.45) is 0 Å². The summed E-state index contributed by atoms with van der Waals surface area (Å²) in [4.78, 5) is 10.2. The van der Waals surface area contributed by atoms with Crippen LogP contribution in [-0.4, -0.2) is 27.3 Å². The molecule has 0 bridgehead atoms. The number of alkyl halides is 1. The van der Waals surface area contributed by atoms with Gasteiger partial charge in [-0.3, -0.25) is 15.2 Å². The van der Waals surface area contributed by atoms with Gasteiger partial charge in [-0.05, 0) is 25.7 Å². The van der Waals surface area contributed by atoms with Gasteiger partial charge in [-0.15, -0.1) is 0 Å². The summed E-state index contributed by atoms with van der Waals surface area (Å²) in [5, 5.41) is 16.8. The predicted octanol–water partition coefficient (Wildman–Crippen LogP) is 1.82. The summed E-state index contributed by atoms with van der Waals surface area (Å²) in [6.45, 7) is 0. The molecule has 0 radical (unpaired) electrons. The molecular weight excluding hydrogens is 229 g/mol. The topological polar surface area (TPSA) is 84.3 Å². The molecule has 1 aliphatic carbocycles. The van der Waals surface area contributed by atoms with Crippen molar-refractivity contribution >= 4 is 5.69 Å². The lowest BCUT2D eigenvalue weighted by Gasteiger charge is -2.21. The van der Waals surface area contributed by atoms with Crippen LogP contribution in [0.1, 0.15) is 31.4 Å². The van der Waals surface area contributed by atoms with Crippen molar-refractivity contribution in [3.63, 3.8) is 0 Å². The molecule has 0 aromatic carbocycles. The van der Waals surface area contributed by atoms with E-state index in [9.17, 15) is 14.5 Å². The summed E-state index contributed by atoms with van der Waals surface area (Å²) >= 11 is 0. The van der Waals surface area contributed by atoms with Crippen LogP contribution >= 0.6 is 0 Å². The first-order valence-electron chi connectivity index (χ1n) is 5.63. The largest absolute Gasteiger partial charge is 0.370 e. The Morgan fingerprint density at radius 2 is 2.18 bits per heavy atom. The Labute approximate surface area is 96.3 Å². The van der Waals surface area contributed by atoms with E-state index in [1.165, 1.54) is 0 Å². The number of nitro groups is 1. The molecule has 0 spiro atoms. The molecule has 2 atom stereocenters. The summed E-state index contributed by atoms with van der Waals surface area (Å²) in [5.74, 6) is 0. The van der Waals surface area contributed by atoms with Crippen LogP contribution in [0.2, 0.25) is 0 Å². The van der Waals surface area contributed by atoms with Gasteiger partial charge in [0.1, 0.15) is 6.20 Å². The lowest BCUT2D eigenvalue weighted by molar-refractivity contribution is -0.386. The number of hydrogen-bond donors (Lipinski definition) is 1. The third kappa shape index (κ3) is 1.70. The van der Waals surface area contributed by atoms with Gasteiger partial charge in [-0.25, -0.2) is 4.39 Å². The Kier molecular flexibility index (Phi) is 2.19. The van der Waals surface area contributed by atoms with Crippen molar-refractivity contribution in [2.75, 3.05) is 0 Å². The first kappa shape index (κ1) is 10.6. The summed E-state index contributed by atoms with van der Waals surface area (Å²) in [6.07, 6.45) is 3.08. The van der Waals surface area contributed by atoms with Gasteiger partial charge < -0.3 is 4.74 Å².